The summed E-state index contributed by atoms with van der Waals surface area (Å²) in [5.74, 6) is 0.787. The van der Waals surface area contributed by atoms with E-state index in [1.165, 1.54) is 5.56 Å². The predicted octanol–water partition coefficient (Wildman–Crippen LogP) is 4.91. The van der Waals surface area contributed by atoms with Crippen molar-refractivity contribution in [2.24, 2.45) is 0 Å². The van der Waals surface area contributed by atoms with Crippen LogP contribution in [0.25, 0.3) is 11.5 Å². The number of carbonyl (C=O) groups is 1. The fourth-order valence-electron chi connectivity index (χ4n) is 2.66. The first-order valence-electron chi connectivity index (χ1n) is 8.68. The molecule has 3 rings (SSSR count). The Hall–Kier alpha value is -2.22. The largest absolute Gasteiger partial charge is 0.419 e. The third kappa shape index (κ3) is 4.74. The van der Waals surface area contributed by atoms with Crippen molar-refractivity contribution in [1.82, 2.24) is 15.1 Å². The van der Waals surface area contributed by atoms with Gasteiger partial charge in [0.2, 0.25) is 11.8 Å². The molecule has 27 heavy (non-hydrogen) atoms. The molecule has 0 spiro atoms. The molecule has 3 aromatic rings. The number of halogens is 1. The van der Waals surface area contributed by atoms with Crippen molar-refractivity contribution < 1.29 is 9.21 Å². The maximum Gasteiger partial charge on any atom is 0.254 e. The summed E-state index contributed by atoms with van der Waals surface area (Å²) >= 11 is 2.19. The van der Waals surface area contributed by atoms with Crippen LogP contribution in [0.2, 0.25) is 0 Å². The molecule has 1 amide bonds. The minimum atomic E-state index is -0.0807. The van der Waals surface area contributed by atoms with Gasteiger partial charge in [0.05, 0.1) is 6.54 Å². The van der Waals surface area contributed by atoms with Crippen molar-refractivity contribution in [1.29, 1.82) is 0 Å². The van der Waals surface area contributed by atoms with Gasteiger partial charge in [0.25, 0.3) is 5.91 Å². The van der Waals surface area contributed by atoms with Crippen LogP contribution >= 0.6 is 22.6 Å². The average molecular weight is 475 g/mol. The van der Waals surface area contributed by atoms with Crippen molar-refractivity contribution in [3.05, 3.63) is 69.1 Å². The highest BCUT2D eigenvalue weighted by molar-refractivity contribution is 14.1. The molecule has 0 unspecified atom stereocenters. The van der Waals surface area contributed by atoms with E-state index in [0.717, 1.165) is 9.13 Å². The standard InChI is InChI=1S/C21H22IN3O2/c1-21(2,3)16-10-8-14(9-11-16)19-24-23-18(27-19)13-25(4)20(26)15-6-5-7-17(22)12-15/h5-12H,13H2,1-4H3. The second-order valence-electron chi connectivity index (χ2n) is 7.50. The molecule has 0 aliphatic carbocycles. The summed E-state index contributed by atoms with van der Waals surface area (Å²) in [5, 5.41) is 8.21. The zero-order valence-corrected chi connectivity index (χ0v) is 18.0. The van der Waals surface area contributed by atoms with Crippen molar-refractivity contribution >= 4 is 28.5 Å². The van der Waals surface area contributed by atoms with E-state index in [9.17, 15) is 4.79 Å². The Labute approximate surface area is 172 Å². The maximum absolute atomic E-state index is 12.5. The molecule has 0 N–H and O–H groups in total. The summed E-state index contributed by atoms with van der Waals surface area (Å²) in [6.07, 6.45) is 0. The number of rotatable bonds is 4. The van der Waals surface area contributed by atoms with Crippen LogP contribution in [0.5, 0.6) is 0 Å². The molecule has 6 heteroatoms. The first-order chi connectivity index (χ1) is 12.7. The number of hydrogen-bond acceptors (Lipinski definition) is 4. The number of hydrogen-bond donors (Lipinski definition) is 0. The minimum Gasteiger partial charge on any atom is -0.419 e. The number of carbonyl (C=O) groups excluding carboxylic acids is 1. The SMILES string of the molecule is CN(Cc1nnc(-c2ccc(C(C)(C)C)cc2)o1)C(=O)c1cccc(I)c1. The highest BCUT2D eigenvalue weighted by Gasteiger charge is 2.17. The first kappa shape index (κ1) is 19.5. The van der Waals surface area contributed by atoms with Crippen LogP contribution in [0.3, 0.4) is 0 Å². The topological polar surface area (TPSA) is 59.2 Å². The Kier molecular flexibility index (Phi) is 5.64. The lowest BCUT2D eigenvalue weighted by Crippen LogP contribution is -2.26. The van der Waals surface area contributed by atoms with Gasteiger partial charge < -0.3 is 9.32 Å². The molecule has 1 aromatic heterocycles. The molecule has 140 valence electrons. The highest BCUT2D eigenvalue weighted by atomic mass is 127. The average Bonchev–Trinajstić information content (AvgIpc) is 3.09. The summed E-state index contributed by atoms with van der Waals surface area (Å²) in [5.41, 5.74) is 2.85. The molecule has 0 atom stereocenters. The molecule has 0 bridgehead atoms. The van der Waals surface area contributed by atoms with Gasteiger partial charge in [0, 0.05) is 21.7 Å². The number of benzene rings is 2. The minimum absolute atomic E-state index is 0.0807. The summed E-state index contributed by atoms with van der Waals surface area (Å²) in [6.45, 7) is 6.78. The molecule has 5 nitrogen and oxygen atoms in total. The Balaban J connectivity index is 1.71. The van der Waals surface area contributed by atoms with Crippen LogP contribution in [-0.2, 0) is 12.0 Å². The monoisotopic (exact) mass is 475 g/mol. The Morgan fingerprint density at radius 3 is 2.44 bits per heavy atom. The second-order valence-corrected chi connectivity index (χ2v) is 8.75. The van der Waals surface area contributed by atoms with E-state index in [1.807, 2.05) is 30.3 Å². The van der Waals surface area contributed by atoms with E-state index in [4.69, 9.17) is 4.42 Å². The molecule has 0 aliphatic rings. The van der Waals surface area contributed by atoms with Gasteiger partial charge in [0.15, 0.2) is 0 Å². The van der Waals surface area contributed by atoms with E-state index >= 15 is 0 Å². The van der Waals surface area contributed by atoms with Crippen LogP contribution in [-0.4, -0.2) is 28.1 Å². The smallest absolute Gasteiger partial charge is 0.254 e. The van der Waals surface area contributed by atoms with Crippen LogP contribution in [0.15, 0.2) is 52.9 Å². The molecular weight excluding hydrogens is 453 g/mol. The van der Waals surface area contributed by atoms with Crippen LogP contribution in [0.4, 0.5) is 0 Å². The van der Waals surface area contributed by atoms with Gasteiger partial charge in [-0.3, -0.25) is 4.79 Å². The summed E-state index contributed by atoms with van der Waals surface area (Å²) in [7, 11) is 1.73. The summed E-state index contributed by atoms with van der Waals surface area (Å²) < 4.78 is 6.78. The lowest BCUT2D eigenvalue weighted by molar-refractivity contribution is 0.0773. The van der Waals surface area contributed by atoms with E-state index in [-0.39, 0.29) is 17.9 Å². The van der Waals surface area contributed by atoms with Crippen molar-refractivity contribution in [2.45, 2.75) is 32.7 Å². The Bertz CT molecular complexity index is 943. The van der Waals surface area contributed by atoms with Gasteiger partial charge in [-0.15, -0.1) is 10.2 Å². The maximum atomic E-state index is 12.5. The van der Waals surface area contributed by atoms with Gasteiger partial charge >= 0.3 is 0 Å². The molecule has 0 radical (unpaired) electrons. The molecule has 0 fully saturated rings. The van der Waals surface area contributed by atoms with Crippen molar-refractivity contribution in [3.63, 3.8) is 0 Å². The van der Waals surface area contributed by atoms with E-state index < -0.39 is 0 Å². The molecule has 1 heterocycles. The van der Waals surface area contributed by atoms with E-state index in [2.05, 4.69) is 65.7 Å². The van der Waals surface area contributed by atoms with E-state index in [0.29, 0.717) is 17.3 Å². The number of aromatic nitrogens is 2. The summed E-state index contributed by atoms with van der Waals surface area (Å²) in [4.78, 5) is 14.1. The molecule has 0 aliphatic heterocycles. The van der Waals surface area contributed by atoms with Gasteiger partial charge in [0.1, 0.15) is 0 Å². The van der Waals surface area contributed by atoms with E-state index in [1.54, 1.807) is 18.0 Å². The van der Waals surface area contributed by atoms with Gasteiger partial charge in [-0.05, 0) is 63.9 Å². The lowest BCUT2D eigenvalue weighted by Gasteiger charge is -2.18. The van der Waals surface area contributed by atoms with Gasteiger partial charge in [-0.25, -0.2) is 0 Å². The zero-order chi connectivity index (χ0) is 19.6. The fraction of sp³-hybridized carbons (Fsp3) is 0.286. The second kappa shape index (κ2) is 7.80. The third-order valence-electron chi connectivity index (χ3n) is 4.26. The zero-order valence-electron chi connectivity index (χ0n) is 15.9. The third-order valence-corrected chi connectivity index (χ3v) is 4.93. The molecule has 0 saturated heterocycles. The van der Waals surface area contributed by atoms with Crippen molar-refractivity contribution in [2.75, 3.05) is 7.05 Å². The highest BCUT2D eigenvalue weighted by Crippen LogP contribution is 2.25. The van der Waals surface area contributed by atoms with Crippen LogP contribution in [0.1, 0.15) is 42.6 Å². The van der Waals surface area contributed by atoms with Gasteiger partial charge in [-0.1, -0.05) is 39.0 Å². The first-order valence-corrected chi connectivity index (χ1v) is 9.76. The van der Waals surface area contributed by atoms with Gasteiger partial charge in [-0.2, -0.15) is 0 Å². The Morgan fingerprint density at radius 2 is 1.81 bits per heavy atom. The summed E-state index contributed by atoms with van der Waals surface area (Å²) in [6, 6.07) is 15.6. The quantitative estimate of drug-likeness (QED) is 0.504. The van der Waals surface area contributed by atoms with Crippen LogP contribution in [0, 0.1) is 3.57 Å². The molecule has 0 saturated carbocycles. The predicted molar refractivity (Wildman–Crippen MR) is 113 cm³/mol. The molecular formula is C21H22IN3O2. The fourth-order valence-corrected chi connectivity index (χ4v) is 3.21. The van der Waals surface area contributed by atoms with Crippen molar-refractivity contribution in [3.8, 4) is 11.5 Å². The normalized spacial score (nSPS) is 11.4. The van der Waals surface area contributed by atoms with Crippen LogP contribution < -0.4 is 0 Å². The Morgan fingerprint density at radius 1 is 1.11 bits per heavy atom. The number of nitrogens with zero attached hydrogens (tertiary/aromatic N) is 3. The lowest BCUT2D eigenvalue weighted by atomic mass is 9.87. The number of amides is 1. The molecule has 2 aromatic carbocycles.